The second kappa shape index (κ2) is 6.44. The zero-order valence-corrected chi connectivity index (χ0v) is 12.1. The van der Waals surface area contributed by atoms with Crippen LogP contribution in [0.4, 0.5) is 5.69 Å². The Hall–Kier alpha value is -2.00. The molecular weight excluding hydrogens is 274 g/mol. The number of carbonyl (C=O) groups is 1. The van der Waals surface area contributed by atoms with Gasteiger partial charge >= 0.3 is 0 Å². The van der Waals surface area contributed by atoms with E-state index in [4.69, 9.17) is 16.3 Å². The molecule has 104 valence electrons. The van der Waals surface area contributed by atoms with Crippen LogP contribution in [0.25, 0.3) is 0 Å². The van der Waals surface area contributed by atoms with Gasteiger partial charge in [0.15, 0.2) is 0 Å². The minimum Gasteiger partial charge on any atom is -0.457 e. The Kier molecular flexibility index (Phi) is 4.64. The molecule has 0 aliphatic heterocycles. The lowest BCUT2D eigenvalue weighted by Crippen LogP contribution is -2.17. The molecule has 0 bridgehead atoms. The SMILES string of the molecule is CC(C)C(=O)Nc1ccc(Oc2ccc(Cl)cc2)cc1. The monoisotopic (exact) mass is 289 g/mol. The second-order valence-corrected chi connectivity index (χ2v) is 5.16. The molecule has 0 heterocycles. The van der Waals surface area contributed by atoms with Crippen LogP contribution < -0.4 is 10.1 Å². The van der Waals surface area contributed by atoms with Crippen LogP contribution in [0.15, 0.2) is 48.5 Å². The van der Waals surface area contributed by atoms with Gasteiger partial charge in [-0.05, 0) is 48.5 Å². The standard InChI is InChI=1S/C16H16ClNO2/c1-11(2)16(19)18-13-5-9-15(10-6-13)20-14-7-3-12(17)4-8-14/h3-11H,1-2H3,(H,18,19). The summed E-state index contributed by atoms with van der Waals surface area (Å²) in [4.78, 5) is 11.6. The Labute approximate surface area is 123 Å². The first kappa shape index (κ1) is 14.4. The normalized spacial score (nSPS) is 10.4. The highest BCUT2D eigenvalue weighted by Crippen LogP contribution is 2.24. The number of ether oxygens (including phenoxy) is 1. The van der Waals surface area contributed by atoms with Gasteiger partial charge in [-0.15, -0.1) is 0 Å². The van der Waals surface area contributed by atoms with Crippen molar-refractivity contribution in [1.82, 2.24) is 0 Å². The Morgan fingerprint density at radius 2 is 1.50 bits per heavy atom. The van der Waals surface area contributed by atoms with E-state index in [0.717, 1.165) is 5.69 Å². The number of carbonyl (C=O) groups excluding carboxylic acids is 1. The summed E-state index contributed by atoms with van der Waals surface area (Å²) in [6.07, 6.45) is 0. The molecule has 2 aromatic rings. The van der Waals surface area contributed by atoms with E-state index in [0.29, 0.717) is 16.5 Å². The van der Waals surface area contributed by atoms with E-state index < -0.39 is 0 Å². The molecule has 2 aromatic carbocycles. The van der Waals surface area contributed by atoms with E-state index in [1.165, 1.54) is 0 Å². The number of rotatable bonds is 4. The summed E-state index contributed by atoms with van der Waals surface area (Å²) in [6.45, 7) is 3.71. The molecule has 0 aliphatic rings. The van der Waals surface area contributed by atoms with Crippen LogP contribution in [0.1, 0.15) is 13.8 Å². The molecule has 4 heteroatoms. The third-order valence-corrected chi connectivity index (χ3v) is 2.95. The Bertz CT molecular complexity index is 576. The van der Waals surface area contributed by atoms with Crippen LogP contribution >= 0.6 is 11.6 Å². The number of hydrogen-bond donors (Lipinski definition) is 1. The van der Waals surface area contributed by atoms with Crippen molar-refractivity contribution in [3.8, 4) is 11.5 Å². The first-order valence-electron chi connectivity index (χ1n) is 6.39. The van der Waals surface area contributed by atoms with Gasteiger partial charge < -0.3 is 10.1 Å². The first-order chi connectivity index (χ1) is 9.54. The van der Waals surface area contributed by atoms with Gasteiger partial charge in [0.05, 0.1) is 0 Å². The zero-order chi connectivity index (χ0) is 14.5. The van der Waals surface area contributed by atoms with Crippen molar-refractivity contribution < 1.29 is 9.53 Å². The fourth-order valence-corrected chi connectivity index (χ4v) is 1.66. The summed E-state index contributed by atoms with van der Waals surface area (Å²) in [5.74, 6) is 1.37. The maximum Gasteiger partial charge on any atom is 0.226 e. The van der Waals surface area contributed by atoms with Crippen molar-refractivity contribution in [2.24, 2.45) is 5.92 Å². The fraction of sp³-hybridized carbons (Fsp3) is 0.188. The maximum absolute atomic E-state index is 11.6. The average Bonchev–Trinajstić information content (AvgIpc) is 2.43. The van der Waals surface area contributed by atoms with E-state index in [1.807, 2.05) is 38.1 Å². The van der Waals surface area contributed by atoms with Gasteiger partial charge in [0, 0.05) is 16.6 Å². The number of anilines is 1. The lowest BCUT2D eigenvalue weighted by Gasteiger charge is -2.09. The quantitative estimate of drug-likeness (QED) is 0.884. The van der Waals surface area contributed by atoms with E-state index in [2.05, 4.69) is 5.32 Å². The lowest BCUT2D eigenvalue weighted by atomic mass is 10.2. The lowest BCUT2D eigenvalue weighted by molar-refractivity contribution is -0.118. The largest absolute Gasteiger partial charge is 0.457 e. The van der Waals surface area contributed by atoms with Crippen molar-refractivity contribution in [3.63, 3.8) is 0 Å². The third kappa shape index (κ3) is 4.00. The van der Waals surface area contributed by atoms with Gasteiger partial charge in [-0.2, -0.15) is 0 Å². The van der Waals surface area contributed by atoms with Crippen molar-refractivity contribution in [1.29, 1.82) is 0 Å². The Morgan fingerprint density at radius 1 is 1.00 bits per heavy atom. The molecule has 0 radical (unpaired) electrons. The van der Waals surface area contributed by atoms with Crippen molar-refractivity contribution in [2.45, 2.75) is 13.8 Å². The molecule has 1 amide bonds. The van der Waals surface area contributed by atoms with Gasteiger partial charge in [-0.3, -0.25) is 4.79 Å². The van der Waals surface area contributed by atoms with Crippen LogP contribution in [0, 0.1) is 5.92 Å². The molecule has 0 saturated carbocycles. The minimum absolute atomic E-state index is 0.00336. The van der Waals surface area contributed by atoms with Crippen LogP contribution in [0.3, 0.4) is 0 Å². The third-order valence-electron chi connectivity index (χ3n) is 2.70. The Morgan fingerprint density at radius 3 is 2.00 bits per heavy atom. The molecule has 0 aromatic heterocycles. The summed E-state index contributed by atoms with van der Waals surface area (Å²) >= 11 is 5.81. The topological polar surface area (TPSA) is 38.3 Å². The smallest absolute Gasteiger partial charge is 0.226 e. The van der Waals surface area contributed by atoms with Gasteiger partial charge in [0.1, 0.15) is 11.5 Å². The van der Waals surface area contributed by atoms with Crippen LogP contribution in [-0.2, 0) is 4.79 Å². The van der Waals surface area contributed by atoms with Crippen LogP contribution in [0.2, 0.25) is 5.02 Å². The molecule has 0 atom stereocenters. The van der Waals surface area contributed by atoms with Gasteiger partial charge in [-0.25, -0.2) is 0 Å². The number of benzene rings is 2. The molecule has 0 unspecified atom stereocenters. The fourth-order valence-electron chi connectivity index (χ4n) is 1.53. The first-order valence-corrected chi connectivity index (χ1v) is 6.77. The maximum atomic E-state index is 11.6. The summed E-state index contributed by atoms with van der Waals surface area (Å²) in [7, 11) is 0. The van der Waals surface area contributed by atoms with Crippen LogP contribution in [-0.4, -0.2) is 5.91 Å². The zero-order valence-electron chi connectivity index (χ0n) is 11.4. The molecular formula is C16H16ClNO2. The van der Waals surface area contributed by atoms with Crippen molar-refractivity contribution in [2.75, 3.05) is 5.32 Å². The van der Waals surface area contributed by atoms with E-state index >= 15 is 0 Å². The molecule has 3 nitrogen and oxygen atoms in total. The summed E-state index contributed by atoms with van der Waals surface area (Å²) < 4.78 is 5.67. The van der Waals surface area contributed by atoms with E-state index in [-0.39, 0.29) is 11.8 Å². The number of nitrogens with one attached hydrogen (secondary N) is 1. The van der Waals surface area contributed by atoms with Gasteiger partial charge in [0.25, 0.3) is 0 Å². The molecule has 2 rings (SSSR count). The highest BCUT2D eigenvalue weighted by Gasteiger charge is 2.06. The summed E-state index contributed by atoms with van der Waals surface area (Å²) in [5.41, 5.74) is 0.757. The van der Waals surface area contributed by atoms with Crippen molar-refractivity contribution >= 4 is 23.2 Å². The highest BCUT2D eigenvalue weighted by molar-refractivity contribution is 6.30. The molecule has 20 heavy (non-hydrogen) atoms. The van der Waals surface area contributed by atoms with Gasteiger partial charge in [0.2, 0.25) is 5.91 Å². The highest BCUT2D eigenvalue weighted by atomic mass is 35.5. The number of hydrogen-bond acceptors (Lipinski definition) is 2. The molecule has 1 N–H and O–H groups in total. The summed E-state index contributed by atoms with van der Waals surface area (Å²) in [6, 6.07) is 14.4. The predicted octanol–water partition coefficient (Wildman–Crippen LogP) is 4.73. The predicted molar refractivity (Wildman–Crippen MR) is 81.4 cm³/mol. The summed E-state index contributed by atoms with van der Waals surface area (Å²) in [5, 5.41) is 3.50. The van der Waals surface area contributed by atoms with Gasteiger partial charge in [-0.1, -0.05) is 25.4 Å². The van der Waals surface area contributed by atoms with Crippen LogP contribution in [0.5, 0.6) is 11.5 Å². The number of amides is 1. The molecule has 0 saturated heterocycles. The molecule has 0 fully saturated rings. The number of halogens is 1. The minimum atomic E-state index is -0.0417. The average molecular weight is 290 g/mol. The van der Waals surface area contributed by atoms with Crippen molar-refractivity contribution in [3.05, 3.63) is 53.6 Å². The van der Waals surface area contributed by atoms with E-state index in [1.54, 1.807) is 24.3 Å². The Balaban J connectivity index is 2.01. The molecule has 0 aliphatic carbocycles. The second-order valence-electron chi connectivity index (χ2n) is 4.72. The van der Waals surface area contributed by atoms with E-state index in [9.17, 15) is 4.79 Å². The molecule has 0 spiro atoms.